The van der Waals surface area contributed by atoms with Gasteiger partial charge in [-0.25, -0.2) is 0 Å². The van der Waals surface area contributed by atoms with Crippen molar-refractivity contribution in [3.05, 3.63) is 71.5 Å². The zero-order chi connectivity index (χ0) is 18.8. The van der Waals surface area contributed by atoms with Crippen molar-refractivity contribution in [1.29, 1.82) is 0 Å². The molecule has 0 saturated carbocycles. The van der Waals surface area contributed by atoms with E-state index in [1.807, 2.05) is 40.7 Å². The van der Waals surface area contributed by atoms with Gasteiger partial charge in [0, 0.05) is 13.1 Å². The van der Waals surface area contributed by atoms with Gasteiger partial charge in [-0.3, -0.25) is 9.36 Å². The van der Waals surface area contributed by atoms with Crippen LogP contribution in [0.3, 0.4) is 0 Å². The molecule has 1 aromatic heterocycles. The molecule has 0 bridgehead atoms. The fourth-order valence-electron chi connectivity index (χ4n) is 3.45. The minimum absolute atomic E-state index is 0.147. The molecule has 0 radical (unpaired) electrons. The minimum Gasteiger partial charge on any atom is -0.337 e. The molecule has 1 aliphatic heterocycles. The standard InChI is InChI=1S/C21H22N4OS/c1-15-7-3-6-10-19(15)25-14-22-23-21(25)27-16(2)20(26)24-12-11-17-8-4-5-9-18(17)13-24/h3-10,14,16H,11-13H2,1-2H3. The predicted octanol–water partition coefficient (Wildman–Crippen LogP) is 3.64. The number of carbonyl (C=O) groups excluding carboxylic acids is 1. The molecular weight excluding hydrogens is 356 g/mol. The number of benzene rings is 2. The van der Waals surface area contributed by atoms with Gasteiger partial charge in [-0.15, -0.1) is 10.2 Å². The second-order valence-corrected chi connectivity index (χ2v) is 8.12. The summed E-state index contributed by atoms with van der Waals surface area (Å²) < 4.78 is 1.95. The zero-order valence-corrected chi connectivity index (χ0v) is 16.3. The predicted molar refractivity (Wildman–Crippen MR) is 107 cm³/mol. The highest BCUT2D eigenvalue weighted by Crippen LogP contribution is 2.28. The summed E-state index contributed by atoms with van der Waals surface area (Å²) in [5.74, 6) is 0.147. The van der Waals surface area contributed by atoms with Crippen molar-refractivity contribution in [1.82, 2.24) is 19.7 Å². The van der Waals surface area contributed by atoms with Gasteiger partial charge in [0.2, 0.25) is 5.91 Å². The molecule has 5 nitrogen and oxygen atoms in total. The molecule has 0 aliphatic carbocycles. The Bertz CT molecular complexity index is 968. The molecule has 4 rings (SSSR count). The van der Waals surface area contributed by atoms with Crippen LogP contribution in [0.2, 0.25) is 0 Å². The fourth-order valence-corrected chi connectivity index (χ4v) is 4.37. The average Bonchev–Trinajstić information content (AvgIpc) is 3.15. The Hall–Kier alpha value is -2.60. The molecule has 6 heteroatoms. The van der Waals surface area contributed by atoms with Gasteiger partial charge in [-0.2, -0.15) is 0 Å². The smallest absolute Gasteiger partial charge is 0.236 e. The van der Waals surface area contributed by atoms with E-state index >= 15 is 0 Å². The average molecular weight is 379 g/mol. The highest BCUT2D eigenvalue weighted by molar-refractivity contribution is 8.00. The molecule has 3 aromatic rings. The van der Waals surface area contributed by atoms with Gasteiger partial charge in [0.05, 0.1) is 10.9 Å². The number of fused-ring (bicyclic) bond motifs is 1. The topological polar surface area (TPSA) is 51.0 Å². The van der Waals surface area contributed by atoms with Gasteiger partial charge in [-0.1, -0.05) is 54.2 Å². The van der Waals surface area contributed by atoms with Crippen LogP contribution in [0.25, 0.3) is 5.69 Å². The first-order valence-electron chi connectivity index (χ1n) is 9.12. The Kier molecular flexibility index (Phi) is 4.99. The number of hydrogen-bond acceptors (Lipinski definition) is 4. The van der Waals surface area contributed by atoms with Crippen molar-refractivity contribution in [2.24, 2.45) is 0 Å². The second kappa shape index (κ2) is 7.56. The molecule has 0 fully saturated rings. The van der Waals surface area contributed by atoms with Gasteiger partial charge < -0.3 is 4.90 Å². The summed E-state index contributed by atoms with van der Waals surface area (Å²) in [5.41, 5.74) is 4.78. The van der Waals surface area contributed by atoms with Gasteiger partial charge in [-0.05, 0) is 43.0 Å². The maximum atomic E-state index is 13.0. The van der Waals surface area contributed by atoms with E-state index in [1.54, 1.807) is 6.33 Å². The van der Waals surface area contributed by atoms with Crippen molar-refractivity contribution >= 4 is 17.7 Å². The first-order chi connectivity index (χ1) is 13.1. The molecule has 1 atom stereocenters. The summed E-state index contributed by atoms with van der Waals surface area (Å²) >= 11 is 1.46. The van der Waals surface area contributed by atoms with E-state index in [1.165, 1.54) is 22.9 Å². The third-order valence-corrected chi connectivity index (χ3v) is 6.01. The number of thioether (sulfide) groups is 1. The SMILES string of the molecule is Cc1ccccc1-n1cnnc1SC(C)C(=O)N1CCc2ccccc2C1. The van der Waals surface area contributed by atoms with Crippen molar-refractivity contribution in [3.8, 4) is 5.69 Å². The number of rotatable bonds is 4. The largest absolute Gasteiger partial charge is 0.337 e. The van der Waals surface area contributed by atoms with E-state index in [4.69, 9.17) is 0 Å². The van der Waals surface area contributed by atoms with Crippen LogP contribution in [0, 0.1) is 6.92 Å². The zero-order valence-electron chi connectivity index (χ0n) is 15.5. The molecule has 0 spiro atoms. The first kappa shape index (κ1) is 17.8. The number of amides is 1. The van der Waals surface area contributed by atoms with Crippen LogP contribution in [0.4, 0.5) is 0 Å². The van der Waals surface area contributed by atoms with Gasteiger partial charge >= 0.3 is 0 Å². The summed E-state index contributed by atoms with van der Waals surface area (Å²) in [6.07, 6.45) is 2.62. The van der Waals surface area contributed by atoms with Crippen molar-refractivity contribution in [2.45, 2.75) is 37.2 Å². The van der Waals surface area contributed by atoms with Crippen LogP contribution in [-0.2, 0) is 17.8 Å². The lowest BCUT2D eigenvalue weighted by Gasteiger charge is -2.30. The van der Waals surface area contributed by atoms with E-state index in [0.29, 0.717) is 6.54 Å². The molecule has 2 aromatic carbocycles. The maximum absolute atomic E-state index is 13.0. The Labute approximate surface area is 163 Å². The molecule has 138 valence electrons. The van der Waals surface area contributed by atoms with E-state index in [2.05, 4.69) is 41.4 Å². The molecular formula is C21H22N4OS. The Morgan fingerprint density at radius 3 is 2.67 bits per heavy atom. The summed E-state index contributed by atoms with van der Waals surface area (Å²) in [6.45, 7) is 5.46. The number of para-hydroxylation sites is 1. The lowest BCUT2D eigenvalue weighted by molar-refractivity contribution is -0.131. The van der Waals surface area contributed by atoms with Gasteiger partial charge in [0.1, 0.15) is 6.33 Å². The third-order valence-electron chi connectivity index (χ3n) is 4.96. The van der Waals surface area contributed by atoms with Crippen LogP contribution in [0.15, 0.2) is 60.0 Å². The minimum atomic E-state index is -0.220. The summed E-state index contributed by atoms with van der Waals surface area (Å²) in [7, 11) is 0. The first-order valence-corrected chi connectivity index (χ1v) is 9.99. The molecule has 1 amide bonds. The quantitative estimate of drug-likeness (QED) is 0.651. The van der Waals surface area contributed by atoms with Gasteiger partial charge in [0.15, 0.2) is 5.16 Å². The number of nitrogens with zero attached hydrogens (tertiary/aromatic N) is 4. The van der Waals surface area contributed by atoms with Crippen molar-refractivity contribution in [2.75, 3.05) is 6.54 Å². The van der Waals surface area contributed by atoms with Crippen LogP contribution in [0.5, 0.6) is 0 Å². The second-order valence-electron chi connectivity index (χ2n) is 6.81. The number of aryl methyl sites for hydroxylation is 1. The summed E-state index contributed by atoms with van der Waals surface area (Å²) in [4.78, 5) is 14.9. The van der Waals surface area contributed by atoms with Crippen LogP contribution in [0.1, 0.15) is 23.6 Å². The summed E-state index contributed by atoms with van der Waals surface area (Å²) in [5, 5.41) is 8.82. The Morgan fingerprint density at radius 2 is 1.85 bits per heavy atom. The van der Waals surface area contributed by atoms with Crippen molar-refractivity contribution < 1.29 is 4.79 Å². The molecule has 1 unspecified atom stereocenters. The fraction of sp³-hybridized carbons (Fsp3) is 0.286. The van der Waals surface area contributed by atoms with Crippen LogP contribution < -0.4 is 0 Å². The lowest BCUT2D eigenvalue weighted by atomic mass is 10.00. The van der Waals surface area contributed by atoms with Gasteiger partial charge in [0.25, 0.3) is 0 Å². The molecule has 0 N–H and O–H groups in total. The highest BCUT2D eigenvalue weighted by Gasteiger charge is 2.26. The lowest BCUT2D eigenvalue weighted by Crippen LogP contribution is -2.40. The van der Waals surface area contributed by atoms with Crippen LogP contribution in [-0.4, -0.2) is 37.4 Å². The normalized spacial score (nSPS) is 14.7. The molecule has 0 saturated heterocycles. The maximum Gasteiger partial charge on any atom is 0.236 e. The number of aromatic nitrogens is 3. The van der Waals surface area contributed by atoms with E-state index in [-0.39, 0.29) is 11.2 Å². The highest BCUT2D eigenvalue weighted by atomic mass is 32.2. The Balaban J connectivity index is 1.49. The molecule has 27 heavy (non-hydrogen) atoms. The Morgan fingerprint density at radius 1 is 1.11 bits per heavy atom. The third kappa shape index (κ3) is 3.62. The van der Waals surface area contributed by atoms with E-state index in [0.717, 1.165) is 29.4 Å². The van der Waals surface area contributed by atoms with E-state index in [9.17, 15) is 4.79 Å². The number of hydrogen-bond donors (Lipinski definition) is 0. The molecule has 1 aliphatic rings. The summed E-state index contributed by atoms with van der Waals surface area (Å²) in [6, 6.07) is 16.5. The van der Waals surface area contributed by atoms with Crippen LogP contribution >= 0.6 is 11.8 Å². The van der Waals surface area contributed by atoms with E-state index < -0.39 is 0 Å². The number of carbonyl (C=O) groups is 1. The molecule has 2 heterocycles. The monoisotopic (exact) mass is 378 g/mol. The van der Waals surface area contributed by atoms with Crippen molar-refractivity contribution in [3.63, 3.8) is 0 Å².